The number of nitrogens with one attached hydrogen (secondary N) is 1. The number of amides is 1. The molecule has 6 heteroatoms. The van der Waals surface area contributed by atoms with Crippen LogP contribution in [0.25, 0.3) is 0 Å². The van der Waals surface area contributed by atoms with Crippen molar-refractivity contribution in [1.82, 2.24) is 15.5 Å². The summed E-state index contributed by atoms with van der Waals surface area (Å²) in [6.07, 6.45) is 5.32. The van der Waals surface area contributed by atoms with Crippen LogP contribution in [0, 0.1) is 6.92 Å². The van der Waals surface area contributed by atoms with Gasteiger partial charge in [-0.2, -0.15) is 4.98 Å². The van der Waals surface area contributed by atoms with Gasteiger partial charge in [-0.1, -0.05) is 18.0 Å². The van der Waals surface area contributed by atoms with Crippen molar-refractivity contribution in [3.05, 3.63) is 11.7 Å². The maximum atomic E-state index is 11.5. The number of carbonyl (C=O) groups is 1. The molecule has 0 aliphatic carbocycles. The van der Waals surface area contributed by atoms with Crippen molar-refractivity contribution in [2.24, 2.45) is 5.73 Å². The third-order valence-electron chi connectivity index (χ3n) is 2.60. The molecule has 18 heavy (non-hydrogen) atoms. The predicted octanol–water partition coefficient (Wildman–Crippen LogP) is 0.946. The fourth-order valence-electron chi connectivity index (χ4n) is 1.63. The Morgan fingerprint density at radius 3 is 2.78 bits per heavy atom. The molecule has 0 saturated heterocycles. The van der Waals surface area contributed by atoms with Crippen LogP contribution >= 0.6 is 0 Å². The largest absolute Gasteiger partial charge is 0.356 e. The molecule has 0 radical (unpaired) electrons. The highest BCUT2D eigenvalue weighted by Crippen LogP contribution is 2.02. The molecule has 0 aliphatic heterocycles. The summed E-state index contributed by atoms with van der Waals surface area (Å²) in [5.74, 6) is 1.27. The minimum atomic E-state index is 0.0861. The number of rotatable bonds is 9. The predicted molar refractivity (Wildman–Crippen MR) is 67.9 cm³/mol. The van der Waals surface area contributed by atoms with Gasteiger partial charge < -0.3 is 15.6 Å². The van der Waals surface area contributed by atoms with E-state index in [9.17, 15) is 4.79 Å². The fraction of sp³-hybridized carbons (Fsp3) is 0.750. The van der Waals surface area contributed by atoms with Crippen molar-refractivity contribution in [3.63, 3.8) is 0 Å². The molecule has 6 nitrogen and oxygen atoms in total. The first-order chi connectivity index (χ1) is 8.72. The molecule has 0 aliphatic rings. The van der Waals surface area contributed by atoms with E-state index in [-0.39, 0.29) is 5.91 Å². The van der Waals surface area contributed by atoms with Gasteiger partial charge in [0.1, 0.15) is 0 Å². The zero-order chi connectivity index (χ0) is 13.2. The molecule has 1 rings (SSSR count). The van der Waals surface area contributed by atoms with Crippen LogP contribution in [0.3, 0.4) is 0 Å². The van der Waals surface area contributed by atoms with Crippen LogP contribution in [0.15, 0.2) is 4.52 Å². The molecule has 1 amide bonds. The second kappa shape index (κ2) is 8.63. The Kier molecular flexibility index (Phi) is 7.01. The lowest BCUT2D eigenvalue weighted by Crippen LogP contribution is -2.25. The Bertz CT molecular complexity index is 352. The smallest absolute Gasteiger partial charge is 0.223 e. The van der Waals surface area contributed by atoms with Gasteiger partial charge in [0.25, 0.3) is 0 Å². The third-order valence-corrected chi connectivity index (χ3v) is 2.60. The van der Waals surface area contributed by atoms with E-state index in [1.54, 1.807) is 6.92 Å². The van der Waals surface area contributed by atoms with E-state index < -0.39 is 0 Å². The minimum absolute atomic E-state index is 0.0861. The molecule has 0 unspecified atom stereocenters. The first-order valence-corrected chi connectivity index (χ1v) is 6.48. The monoisotopic (exact) mass is 254 g/mol. The van der Waals surface area contributed by atoms with Gasteiger partial charge in [-0.3, -0.25) is 4.79 Å². The molecule has 0 aromatic carbocycles. The summed E-state index contributed by atoms with van der Waals surface area (Å²) in [7, 11) is 0. The summed E-state index contributed by atoms with van der Waals surface area (Å²) in [5, 5.41) is 6.61. The normalized spacial score (nSPS) is 10.6. The lowest BCUT2D eigenvalue weighted by Gasteiger charge is -2.03. The third kappa shape index (κ3) is 6.34. The summed E-state index contributed by atoms with van der Waals surface area (Å²) >= 11 is 0. The number of unbranched alkanes of at least 4 members (excludes halogenated alkanes) is 3. The second-order valence-corrected chi connectivity index (χ2v) is 4.28. The Labute approximate surface area is 107 Å². The topological polar surface area (TPSA) is 94.0 Å². The van der Waals surface area contributed by atoms with Gasteiger partial charge in [0.05, 0.1) is 0 Å². The molecule has 0 bridgehead atoms. The lowest BCUT2D eigenvalue weighted by atomic mass is 10.1. The highest BCUT2D eigenvalue weighted by Gasteiger charge is 2.04. The van der Waals surface area contributed by atoms with E-state index in [1.807, 2.05) is 0 Å². The highest BCUT2D eigenvalue weighted by atomic mass is 16.5. The summed E-state index contributed by atoms with van der Waals surface area (Å²) in [5.41, 5.74) is 5.39. The van der Waals surface area contributed by atoms with E-state index in [1.165, 1.54) is 0 Å². The Hall–Kier alpha value is -1.43. The first-order valence-electron chi connectivity index (χ1n) is 6.48. The van der Waals surface area contributed by atoms with Crippen LogP contribution < -0.4 is 11.1 Å². The highest BCUT2D eigenvalue weighted by molar-refractivity contribution is 5.75. The number of nitrogens with zero attached hydrogens (tertiary/aromatic N) is 2. The maximum Gasteiger partial charge on any atom is 0.223 e. The average molecular weight is 254 g/mol. The standard InChI is InChI=1S/C12H22N4O2/c1-10-15-11(16-18-10)7-9-14-12(17)6-4-2-3-5-8-13/h2-9,13H2,1H3,(H,14,17). The van der Waals surface area contributed by atoms with Crippen LogP contribution in [-0.4, -0.2) is 29.1 Å². The van der Waals surface area contributed by atoms with Crippen LogP contribution in [0.2, 0.25) is 0 Å². The van der Waals surface area contributed by atoms with E-state index >= 15 is 0 Å². The van der Waals surface area contributed by atoms with Gasteiger partial charge in [-0.25, -0.2) is 0 Å². The van der Waals surface area contributed by atoms with Crippen molar-refractivity contribution in [3.8, 4) is 0 Å². The lowest BCUT2D eigenvalue weighted by molar-refractivity contribution is -0.121. The van der Waals surface area contributed by atoms with Crippen molar-refractivity contribution in [1.29, 1.82) is 0 Å². The molecular weight excluding hydrogens is 232 g/mol. The molecule has 0 fully saturated rings. The number of carbonyl (C=O) groups excluding carboxylic acids is 1. The van der Waals surface area contributed by atoms with Crippen molar-refractivity contribution in [2.45, 2.75) is 45.4 Å². The van der Waals surface area contributed by atoms with E-state index in [0.29, 0.717) is 31.1 Å². The molecule has 1 aromatic rings. The first kappa shape index (κ1) is 14.6. The van der Waals surface area contributed by atoms with Crippen LogP contribution in [0.5, 0.6) is 0 Å². The van der Waals surface area contributed by atoms with Gasteiger partial charge >= 0.3 is 0 Å². The van der Waals surface area contributed by atoms with E-state index in [2.05, 4.69) is 15.5 Å². The van der Waals surface area contributed by atoms with Gasteiger partial charge in [0.15, 0.2) is 5.82 Å². The number of nitrogens with two attached hydrogens (primary N) is 1. The molecule has 0 atom stereocenters. The average Bonchev–Trinajstić information content (AvgIpc) is 2.75. The molecule has 0 spiro atoms. The maximum absolute atomic E-state index is 11.5. The summed E-state index contributed by atoms with van der Waals surface area (Å²) in [6, 6.07) is 0. The van der Waals surface area contributed by atoms with Gasteiger partial charge in [0.2, 0.25) is 11.8 Å². The summed E-state index contributed by atoms with van der Waals surface area (Å²) in [4.78, 5) is 15.5. The quantitative estimate of drug-likeness (QED) is 0.640. The van der Waals surface area contributed by atoms with Gasteiger partial charge in [-0.15, -0.1) is 0 Å². The summed E-state index contributed by atoms with van der Waals surface area (Å²) in [6.45, 7) is 3.04. The molecule has 1 heterocycles. The van der Waals surface area contributed by atoms with Crippen molar-refractivity contribution in [2.75, 3.05) is 13.1 Å². The van der Waals surface area contributed by atoms with Crippen LogP contribution in [-0.2, 0) is 11.2 Å². The van der Waals surface area contributed by atoms with Crippen molar-refractivity contribution >= 4 is 5.91 Å². The van der Waals surface area contributed by atoms with Crippen LogP contribution in [0.4, 0.5) is 0 Å². The van der Waals surface area contributed by atoms with Gasteiger partial charge in [-0.05, 0) is 19.4 Å². The van der Waals surface area contributed by atoms with E-state index in [4.69, 9.17) is 10.3 Å². The fourth-order valence-corrected chi connectivity index (χ4v) is 1.63. The number of hydrogen-bond acceptors (Lipinski definition) is 5. The zero-order valence-electron chi connectivity index (χ0n) is 10.9. The zero-order valence-corrected chi connectivity index (χ0v) is 10.9. The minimum Gasteiger partial charge on any atom is -0.356 e. The van der Waals surface area contributed by atoms with Crippen molar-refractivity contribution < 1.29 is 9.32 Å². The van der Waals surface area contributed by atoms with E-state index in [0.717, 1.165) is 32.2 Å². The molecular formula is C12H22N4O2. The number of aryl methyl sites for hydroxylation is 1. The Morgan fingerprint density at radius 2 is 2.11 bits per heavy atom. The SMILES string of the molecule is Cc1nc(CCNC(=O)CCCCCCN)no1. The second-order valence-electron chi connectivity index (χ2n) is 4.28. The molecule has 3 N–H and O–H groups in total. The van der Waals surface area contributed by atoms with Gasteiger partial charge in [0, 0.05) is 26.3 Å². The number of hydrogen-bond donors (Lipinski definition) is 2. The molecule has 102 valence electrons. The Balaban J connectivity index is 2.00. The van der Waals surface area contributed by atoms with Crippen LogP contribution in [0.1, 0.15) is 43.8 Å². The molecule has 1 aromatic heterocycles. The Morgan fingerprint density at radius 1 is 1.33 bits per heavy atom. The summed E-state index contributed by atoms with van der Waals surface area (Å²) < 4.78 is 4.84. The number of aromatic nitrogens is 2. The molecule has 0 saturated carbocycles.